The van der Waals surface area contributed by atoms with Crippen LogP contribution in [0.4, 0.5) is 4.39 Å². The number of carbonyl (C=O) groups excluding carboxylic acids is 2. The van der Waals surface area contributed by atoms with Gasteiger partial charge in [0.05, 0.1) is 14.2 Å². The summed E-state index contributed by atoms with van der Waals surface area (Å²) in [5.74, 6) is -0.878. The number of benzene rings is 2. The van der Waals surface area contributed by atoms with Crippen molar-refractivity contribution in [3.63, 3.8) is 0 Å². The molecule has 2 aromatic carbocycles. The van der Waals surface area contributed by atoms with Crippen LogP contribution < -0.4 is 9.47 Å². The van der Waals surface area contributed by atoms with E-state index in [9.17, 15) is 9.59 Å². The first-order chi connectivity index (χ1) is 11.4. The first kappa shape index (κ1) is 17.7. The summed E-state index contributed by atoms with van der Waals surface area (Å²) in [4.78, 5) is 23.5. The minimum Gasteiger partial charge on any atom is -0.496 e. The predicted molar refractivity (Wildman–Crippen MR) is 88.9 cm³/mol. The average molecular weight is 330 g/mol. The highest BCUT2D eigenvalue weighted by Gasteiger charge is 2.26. The van der Waals surface area contributed by atoms with Crippen molar-refractivity contribution in [2.45, 2.75) is 19.8 Å². The van der Waals surface area contributed by atoms with Crippen LogP contribution in [0.2, 0.25) is 0 Å². The molecule has 0 radical (unpaired) electrons. The van der Waals surface area contributed by atoms with Crippen molar-refractivity contribution in [3.8, 4) is 11.5 Å². The molecule has 0 aliphatic rings. The first-order valence-electron chi connectivity index (χ1n) is 7.48. The standard InChI is InChI=1S/C19H19FO4/c1-11(2)16-14(23-3)9-15(24-4)17(18(16)20)19(22)13-7-5-12(10-21)6-8-13/h5-11H,1-4H3. The molecule has 4 nitrogen and oxygen atoms in total. The molecule has 0 N–H and O–H groups in total. The lowest BCUT2D eigenvalue weighted by molar-refractivity contribution is 0.103. The molecule has 0 saturated heterocycles. The van der Waals surface area contributed by atoms with E-state index in [4.69, 9.17) is 9.47 Å². The van der Waals surface area contributed by atoms with Crippen LogP contribution in [0.3, 0.4) is 0 Å². The largest absolute Gasteiger partial charge is 0.496 e. The topological polar surface area (TPSA) is 52.6 Å². The van der Waals surface area contributed by atoms with E-state index in [1.165, 1.54) is 44.6 Å². The number of aldehydes is 1. The van der Waals surface area contributed by atoms with E-state index in [-0.39, 0.29) is 22.8 Å². The van der Waals surface area contributed by atoms with Gasteiger partial charge >= 0.3 is 0 Å². The SMILES string of the molecule is COc1cc(OC)c(C(C)C)c(F)c1C(=O)c1ccc(C=O)cc1. The zero-order valence-electron chi connectivity index (χ0n) is 14.1. The average Bonchev–Trinajstić information content (AvgIpc) is 2.59. The minimum atomic E-state index is -0.648. The van der Waals surface area contributed by atoms with Gasteiger partial charge in [0.15, 0.2) is 5.78 Å². The van der Waals surface area contributed by atoms with Gasteiger partial charge in [0, 0.05) is 22.8 Å². The maximum Gasteiger partial charge on any atom is 0.199 e. The summed E-state index contributed by atoms with van der Waals surface area (Å²) in [5.41, 5.74) is 0.904. The third kappa shape index (κ3) is 3.15. The van der Waals surface area contributed by atoms with Crippen LogP contribution in [-0.2, 0) is 0 Å². The van der Waals surface area contributed by atoms with Gasteiger partial charge in [0.25, 0.3) is 0 Å². The Morgan fingerprint density at radius 3 is 2.12 bits per heavy atom. The van der Waals surface area contributed by atoms with E-state index in [1.807, 2.05) is 13.8 Å². The van der Waals surface area contributed by atoms with E-state index in [1.54, 1.807) is 0 Å². The maximum absolute atomic E-state index is 15.1. The van der Waals surface area contributed by atoms with Gasteiger partial charge in [-0.1, -0.05) is 38.1 Å². The molecule has 0 aliphatic heterocycles. The Bertz CT molecular complexity index is 764. The van der Waals surface area contributed by atoms with E-state index in [2.05, 4.69) is 0 Å². The zero-order valence-corrected chi connectivity index (χ0v) is 14.1. The molecule has 0 heterocycles. The van der Waals surface area contributed by atoms with Crippen LogP contribution in [0.1, 0.15) is 51.6 Å². The molecule has 0 saturated carbocycles. The fraction of sp³-hybridized carbons (Fsp3) is 0.263. The molecule has 0 amide bonds. The predicted octanol–water partition coefficient (Wildman–Crippen LogP) is 4.01. The minimum absolute atomic E-state index is 0.109. The van der Waals surface area contributed by atoms with Gasteiger partial charge in [-0.05, 0) is 5.92 Å². The highest BCUT2D eigenvalue weighted by molar-refractivity contribution is 6.11. The molecule has 0 aromatic heterocycles. The fourth-order valence-corrected chi connectivity index (χ4v) is 2.56. The molecule has 0 fully saturated rings. The monoisotopic (exact) mass is 330 g/mol. The molecule has 0 spiro atoms. The summed E-state index contributed by atoms with van der Waals surface area (Å²) in [6.07, 6.45) is 0.680. The van der Waals surface area contributed by atoms with Crippen molar-refractivity contribution in [1.82, 2.24) is 0 Å². The van der Waals surface area contributed by atoms with Crippen LogP contribution in [0.25, 0.3) is 0 Å². The van der Waals surface area contributed by atoms with E-state index in [0.717, 1.165) is 0 Å². The summed E-state index contributed by atoms with van der Waals surface area (Å²) < 4.78 is 25.5. The quantitative estimate of drug-likeness (QED) is 0.593. The molecular weight excluding hydrogens is 311 g/mol. The lowest BCUT2D eigenvalue weighted by Gasteiger charge is -2.18. The first-order valence-corrected chi connectivity index (χ1v) is 7.48. The van der Waals surface area contributed by atoms with Crippen molar-refractivity contribution in [2.24, 2.45) is 0 Å². The number of ether oxygens (including phenoxy) is 2. The Morgan fingerprint density at radius 1 is 1.08 bits per heavy atom. The Balaban J connectivity index is 2.64. The molecule has 0 aliphatic carbocycles. The molecule has 2 rings (SSSR count). The van der Waals surface area contributed by atoms with Gasteiger partial charge in [-0.25, -0.2) is 4.39 Å². The van der Waals surface area contributed by atoms with Crippen LogP contribution in [0, 0.1) is 5.82 Å². The normalized spacial score (nSPS) is 10.6. The number of rotatable bonds is 6. The van der Waals surface area contributed by atoms with Gasteiger partial charge in [-0.15, -0.1) is 0 Å². The molecule has 0 bridgehead atoms. The lowest BCUT2D eigenvalue weighted by Crippen LogP contribution is -2.11. The highest BCUT2D eigenvalue weighted by Crippen LogP contribution is 2.37. The van der Waals surface area contributed by atoms with Crippen LogP contribution in [-0.4, -0.2) is 26.3 Å². The Labute approximate surface area is 140 Å². The second-order valence-electron chi connectivity index (χ2n) is 5.61. The third-order valence-electron chi connectivity index (χ3n) is 3.78. The summed E-state index contributed by atoms with van der Waals surface area (Å²) in [6, 6.07) is 7.52. The number of methoxy groups -OCH3 is 2. The van der Waals surface area contributed by atoms with Gasteiger partial charge < -0.3 is 9.47 Å². The fourth-order valence-electron chi connectivity index (χ4n) is 2.56. The maximum atomic E-state index is 15.1. The van der Waals surface area contributed by atoms with Crippen LogP contribution in [0.15, 0.2) is 30.3 Å². The number of hydrogen-bond donors (Lipinski definition) is 0. The van der Waals surface area contributed by atoms with Gasteiger partial charge in [0.2, 0.25) is 0 Å². The van der Waals surface area contributed by atoms with Crippen molar-refractivity contribution in [1.29, 1.82) is 0 Å². The van der Waals surface area contributed by atoms with Crippen LogP contribution in [0.5, 0.6) is 11.5 Å². The van der Waals surface area contributed by atoms with Gasteiger partial charge in [0.1, 0.15) is 29.2 Å². The van der Waals surface area contributed by atoms with Crippen molar-refractivity contribution in [2.75, 3.05) is 14.2 Å². The second kappa shape index (κ2) is 7.25. The Kier molecular flexibility index (Phi) is 5.34. The molecule has 0 unspecified atom stereocenters. The zero-order chi connectivity index (χ0) is 17.9. The van der Waals surface area contributed by atoms with Crippen molar-refractivity contribution < 1.29 is 23.5 Å². The van der Waals surface area contributed by atoms with Gasteiger partial charge in [-0.2, -0.15) is 0 Å². The highest BCUT2D eigenvalue weighted by atomic mass is 19.1. The molecule has 0 atom stereocenters. The Hall–Kier alpha value is -2.69. The Morgan fingerprint density at radius 2 is 1.67 bits per heavy atom. The van der Waals surface area contributed by atoms with E-state index >= 15 is 4.39 Å². The molecule has 2 aromatic rings. The molecular formula is C19H19FO4. The lowest BCUT2D eigenvalue weighted by atomic mass is 9.93. The van der Waals surface area contributed by atoms with Crippen molar-refractivity contribution in [3.05, 3.63) is 58.4 Å². The molecule has 24 heavy (non-hydrogen) atoms. The number of hydrogen-bond acceptors (Lipinski definition) is 4. The number of ketones is 1. The smallest absolute Gasteiger partial charge is 0.199 e. The summed E-state index contributed by atoms with van der Waals surface area (Å²) >= 11 is 0. The summed E-state index contributed by atoms with van der Waals surface area (Å²) in [6.45, 7) is 3.64. The summed E-state index contributed by atoms with van der Waals surface area (Å²) in [5, 5.41) is 0. The van der Waals surface area contributed by atoms with E-state index < -0.39 is 11.6 Å². The third-order valence-corrected chi connectivity index (χ3v) is 3.78. The van der Waals surface area contributed by atoms with Crippen LogP contribution >= 0.6 is 0 Å². The van der Waals surface area contributed by atoms with Crippen molar-refractivity contribution >= 4 is 12.1 Å². The molecule has 126 valence electrons. The number of carbonyl (C=O) groups is 2. The van der Waals surface area contributed by atoms with E-state index in [0.29, 0.717) is 23.2 Å². The molecule has 5 heteroatoms. The number of halogens is 1. The second-order valence-corrected chi connectivity index (χ2v) is 5.61. The van der Waals surface area contributed by atoms with Gasteiger partial charge in [-0.3, -0.25) is 9.59 Å². The summed E-state index contributed by atoms with van der Waals surface area (Å²) in [7, 11) is 2.81.